The van der Waals surface area contributed by atoms with E-state index in [2.05, 4.69) is 5.32 Å². The zero-order valence-corrected chi connectivity index (χ0v) is 12.2. The van der Waals surface area contributed by atoms with Crippen molar-refractivity contribution in [3.05, 3.63) is 23.8 Å². The summed E-state index contributed by atoms with van der Waals surface area (Å²) in [5.74, 6) is -0.178. The average molecular weight is 291 g/mol. The van der Waals surface area contributed by atoms with Crippen LogP contribution in [0, 0.1) is 6.92 Å². The summed E-state index contributed by atoms with van der Waals surface area (Å²) in [6.07, 6.45) is 0.387. The van der Waals surface area contributed by atoms with Gasteiger partial charge in [0.05, 0.1) is 13.2 Å². The maximum atomic E-state index is 11.9. The Kier molecular flexibility index (Phi) is 5.16. The van der Waals surface area contributed by atoms with Crippen molar-refractivity contribution in [1.82, 2.24) is 4.90 Å². The minimum absolute atomic E-state index is 0.00209. The molecular formula is C15H21N3O3. The minimum Gasteiger partial charge on any atom is -0.399 e. The molecule has 3 N–H and O–H groups in total. The Hall–Kier alpha value is -2.08. The van der Waals surface area contributed by atoms with E-state index in [9.17, 15) is 9.59 Å². The first-order valence-corrected chi connectivity index (χ1v) is 7.08. The highest BCUT2D eigenvalue weighted by atomic mass is 16.5. The summed E-state index contributed by atoms with van der Waals surface area (Å²) < 4.78 is 5.19. The lowest BCUT2D eigenvalue weighted by atomic mass is 10.1. The van der Waals surface area contributed by atoms with Gasteiger partial charge in [0.2, 0.25) is 11.8 Å². The Labute approximate surface area is 124 Å². The van der Waals surface area contributed by atoms with Gasteiger partial charge in [-0.15, -0.1) is 0 Å². The molecule has 114 valence electrons. The zero-order valence-electron chi connectivity index (χ0n) is 12.2. The SMILES string of the molecule is Cc1ccc(N)cc1NC(=O)CCC(=O)N1CCOCC1. The van der Waals surface area contributed by atoms with Crippen LogP contribution >= 0.6 is 0 Å². The summed E-state index contributed by atoms with van der Waals surface area (Å²) in [6, 6.07) is 5.35. The van der Waals surface area contributed by atoms with E-state index in [4.69, 9.17) is 10.5 Å². The third-order valence-corrected chi connectivity index (χ3v) is 3.47. The molecule has 0 aliphatic carbocycles. The second-order valence-electron chi connectivity index (χ2n) is 5.12. The molecule has 2 amide bonds. The molecule has 21 heavy (non-hydrogen) atoms. The highest BCUT2D eigenvalue weighted by Crippen LogP contribution is 2.18. The number of morpholine rings is 1. The summed E-state index contributed by atoms with van der Waals surface area (Å²) >= 11 is 0. The number of rotatable bonds is 4. The predicted octanol–water partition coefficient (Wildman–Crippen LogP) is 1.15. The minimum atomic E-state index is -0.176. The van der Waals surface area contributed by atoms with Gasteiger partial charge in [0.15, 0.2) is 0 Å². The fourth-order valence-electron chi connectivity index (χ4n) is 2.18. The molecule has 0 radical (unpaired) electrons. The third-order valence-electron chi connectivity index (χ3n) is 3.47. The van der Waals surface area contributed by atoms with Crippen LogP contribution in [-0.4, -0.2) is 43.0 Å². The number of hydrogen-bond acceptors (Lipinski definition) is 4. The summed E-state index contributed by atoms with van der Waals surface area (Å²) in [5, 5.41) is 2.79. The molecule has 1 saturated heterocycles. The second kappa shape index (κ2) is 7.08. The van der Waals surface area contributed by atoms with Gasteiger partial charge in [-0.1, -0.05) is 6.07 Å². The zero-order chi connectivity index (χ0) is 15.2. The normalized spacial score (nSPS) is 14.8. The van der Waals surface area contributed by atoms with Crippen LogP contribution in [0.3, 0.4) is 0 Å². The van der Waals surface area contributed by atoms with Crippen molar-refractivity contribution >= 4 is 23.2 Å². The number of benzene rings is 1. The largest absolute Gasteiger partial charge is 0.399 e. The maximum absolute atomic E-state index is 11.9. The molecule has 2 rings (SSSR count). The van der Waals surface area contributed by atoms with Gasteiger partial charge < -0.3 is 20.7 Å². The molecule has 1 aliphatic rings. The standard InChI is InChI=1S/C15H21N3O3/c1-11-2-3-12(16)10-13(11)17-14(19)4-5-15(20)18-6-8-21-9-7-18/h2-3,10H,4-9,16H2,1H3,(H,17,19). The first kappa shape index (κ1) is 15.3. The van der Waals surface area contributed by atoms with Gasteiger partial charge in [-0.05, 0) is 24.6 Å². The predicted molar refractivity (Wildman–Crippen MR) is 80.9 cm³/mol. The number of nitrogens with zero attached hydrogens (tertiary/aromatic N) is 1. The van der Waals surface area contributed by atoms with Crippen molar-refractivity contribution in [1.29, 1.82) is 0 Å². The highest BCUT2D eigenvalue weighted by molar-refractivity contribution is 5.94. The van der Waals surface area contributed by atoms with Crippen LogP contribution in [0.4, 0.5) is 11.4 Å². The summed E-state index contributed by atoms with van der Waals surface area (Å²) in [5.41, 5.74) is 7.93. The van der Waals surface area contributed by atoms with Crippen molar-refractivity contribution in [2.45, 2.75) is 19.8 Å². The van der Waals surface area contributed by atoms with E-state index < -0.39 is 0 Å². The van der Waals surface area contributed by atoms with Gasteiger partial charge in [-0.3, -0.25) is 9.59 Å². The Morgan fingerprint density at radius 2 is 2.00 bits per heavy atom. The van der Waals surface area contributed by atoms with Crippen molar-refractivity contribution in [3.63, 3.8) is 0 Å². The molecule has 0 aromatic heterocycles. The smallest absolute Gasteiger partial charge is 0.224 e. The number of hydrogen-bond donors (Lipinski definition) is 2. The van der Waals surface area contributed by atoms with E-state index in [1.807, 2.05) is 13.0 Å². The Bertz CT molecular complexity index is 525. The van der Waals surface area contributed by atoms with E-state index in [1.54, 1.807) is 17.0 Å². The van der Waals surface area contributed by atoms with Crippen molar-refractivity contribution in [2.24, 2.45) is 0 Å². The van der Waals surface area contributed by atoms with Crippen LogP contribution < -0.4 is 11.1 Å². The molecule has 1 aromatic carbocycles. The second-order valence-corrected chi connectivity index (χ2v) is 5.12. The Balaban J connectivity index is 1.81. The number of carbonyl (C=O) groups is 2. The summed E-state index contributed by atoms with van der Waals surface area (Å²) in [6.45, 7) is 4.25. The van der Waals surface area contributed by atoms with Crippen LogP contribution in [0.5, 0.6) is 0 Å². The van der Waals surface area contributed by atoms with Gasteiger partial charge >= 0.3 is 0 Å². The van der Waals surface area contributed by atoms with E-state index in [-0.39, 0.29) is 24.7 Å². The highest BCUT2D eigenvalue weighted by Gasteiger charge is 2.17. The lowest BCUT2D eigenvalue weighted by molar-refractivity contribution is -0.136. The molecule has 1 heterocycles. The molecule has 0 atom stereocenters. The fourth-order valence-corrected chi connectivity index (χ4v) is 2.18. The molecular weight excluding hydrogens is 270 g/mol. The molecule has 1 aromatic rings. The monoisotopic (exact) mass is 291 g/mol. The van der Waals surface area contributed by atoms with Gasteiger partial charge in [-0.2, -0.15) is 0 Å². The number of ether oxygens (including phenoxy) is 1. The number of amides is 2. The molecule has 6 heteroatoms. The number of carbonyl (C=O) groups excluding carboxylic acids is 2. The molecule has 6 nitrogen and oxygen atoms in total. The molecule has 0 unspecified atom stereocenters. The van der Waals surface area contributed by atoms with Crippen molar-refractivity contribution in [3.8, 4) is 0 Å². The third kappa shape index (κ3) is 4.46. The fraction of sp³-hybridized carbons (Fsp3) is 0.467. The van der Waals surface area contributed by atoms with Crippen LogP contribution in [0.1, 0.15) is 18.4 Å². The van der Waals surface area contributed by atoms with E-state index in [0.717, 1.165) is 5.56 Å². The van der Waals surface area contributed by atoms with Gasteiger partial charge in [-0.25, -0.2) is 0 Å². The van der Waals surface area contributed by atoms with E-state index >= 15 is 0 Å². The topological polar surface area (TPSA) is 84.7 Å². The summed E-state index contributed by atoms with van der Waals surface area (Å²) in [7, 11) is 0. The Morgan fingerprint density at radius 3 is 2.71 bits per heavy atom. The van der Waals surface area contributed by atoms with Gasteiger partial charge in [0.1, 0.15) is 0 Å². The number of aryl methyl sites for hydroxylation is 1. The quantitative estimate of drug-likeness (QED) is 0.815. The molecule has 0 spiro atoms. The van der Waals surface area contributed by atoms with Gasteiger partial charge in [0, 0.05) is 37.3 Å². The number of nitrogen functional groups attached to an aromatic ring is 1. The van der Waals surface area contributed by atoms with Crippen LogP contribution in [0.2, 0.25) is 0 Å². The van der Waals surface area contributed by atoms with Crippen molar-refractivity contribution in [2.75, 3.05) is 37.4 Å². The number of nitrogens with one attached hydrogen (secondary N) is 1. The number of anilines is 2. The van der Waals surface area contributed by atoms with E-state index in [1.165, 1.54) is 0 Å². The summed E-state index contributed by atoms with van der Waals surface area (Å²) in [4.78, 5) is 25.6. The van der Waals surface area contributed by atoms with Crippen molar-refractivity contribution < 1.29 is 14.3 Å². The van der Waals surface area contributed by atoms with Crippen LogP contribution in [-0.2, 0) is 14.3 Å². The maximum Gasteiger partial charge on any atom is 0.224 e. The lowest BCUT2D eigenvalue weighted by Gasteiger charge is -2.26. The average Bonchev–Trinajstić information content (AvgIpc) is 2.49. The molecule has 1 aliphatic heterocycles. The molecule has 1 fully saturated rings. The molecule has 0 saturated carbocycles. The number of nitrogens with two attached hydrogens (primary N) is 1. The van der Waals surface area contributed by atoms with Gasteiger partial charge in [0.25, 0.3) is 0 Å². The van der Waals surface area contributed by atoms with E-state index in [0.29, 0.717) is 37.7 Å². The Morgan fingerprint density at radius 1 is 1.29 bits per heavy atom. The lowest BCUT2D eigenvalue weighted by Crippen LogP contribution is -2.40. The first-order valence-electron chi connectivity index (χ1n) is 7.08. The molecule has 0 bridgehead atoms. The first-order chi connectivity index (χ1) is 10.1. The van der Waals surface area contributed by atoms with Crippen LogP contribution in [0.15, 0.2) is 18.2 Å². The van der Waals surface area contributed by atoms with Crippen LogP contribution in [0.25, 0.3) is 0 Å².